The highest BCUT2D eigenvalue weighted by atomic mass is 19.1. The number of Topliss-reactive ketones (excluding diaryl/α,β-unsaturated/α-hetero) is 1. The quantitative estimate of drug-likeness (QED) is 0.798. The highest BCUT2D eigenvalue weighted by molar-refractivity contribution is 5.98. The van der Waals surface area contributed by atoms with Crippen molar-refractivity contribution in [1.29, 1.82) is 0 Å². The van der Waals surface area contributed by atoms with Crippen molar-refractivity contribution in [2.75, 3.05) is 13.6 Å². The molecule has 0 bridgehead atoms. The highest BCUT2D eigenvalue weighted by Crippen LogP contribution is 2.18. The summed E-state index contributed by atoms with van der Waals surface area (Å²) in [7, 11) is 1.83. The zero-order valence-electron chi connectivity index (χ0n) is 10.9. The molecular formula is C14H20FNO. The fourth-order valence-corrected chi connectivity index (χ4v) is 1.86. The summed E-state index contributed by atoms with van der Waals surface area (Å²) in [5.41, 5.74) is 1.11. The van der Waals surface area contributed by atoms with Gasteiger partial charge in [0.1, 0.15) is 5.82 Å². The number of carbonyl (C=O) groups excluding carboxylic acids is 1. The monoisotopic (exact) mass is 237 g/mol. The number of halogens is 1. The van der Waals surface area contributed by atoms with Gasteiger partial charge in [-0.05, 0) is 43.7 Å². The van der Waals surface area contributed by atoms with E-state index in [-0.39, 0.29) is 23.4 Å². The van der Waals surface area contributed by atoms with Crippen LogP contribution in [0.3, 0.4) is 0 Å². The molecule has 1 N–H and O–H groups in total. The van der Waals surface area contributed by atoms with Crippen molar-refractivity contribution >= 4 is 5.78 Å². The Morgan fingerprint density at radius 2 is 2.06 bits per heavy atom. The summed E-state index contributed by atoms with van der Waals surface area (Å²) in [6.07, 6.45) is 0. The van der Waals surface area contributed by atoms with Crippen LogP contribution in [0.15, 0.2) is 18.2 Å². The standard InChI is InChI=1S/C14H20FNO/c1-9(2)12(8-16-4)14(17)11-5-6-13(15)10(3)7-11/h5-7,9,12,16H,8H2,1-4H3. The smallest absolute Gasteiger partial charge is 0.167 e. The third-order valence-corrected chi connectivity index (χ3v) is 3.01. The molecule has 0 amide bonds. The van der Waals surface area contributed by atoms with E-state index in [1.54, 1.807) is 19.1 Å². The topological polar surface area (TPSA) is 29.1 Å². The van der Waals surface area contributed by atoms with Crippen LogP contribution in [0, 0.1) is 24.6 Å². The number of hydrogen-bond acceptors (Lipinski definition) is 2. The van der Waals surface area contributed by atoms with Crippen LogP contribution < -0.4 is 5.32 Å². The predicted octanol–water partition coefficient (Wildman–Crippen LogP) is 2.81. The van der Waals surface area contributed by atoms with Crippen molar-refractivity contribution in [3.05, 3.63) is 35.1 Å². The Kier molecular flexibility index (Phi) is 4.82. The molecule has 1 unspecified atom stereocenters. The molecule has 0 heterocycles. The van der Waals surface area contributed by atoms with Gasteiger partial charge in [0, 0.05) is 18.0 Å². The van der Waals surface area contributed by atoms with Crippen LogP contribution in [0.4, 0.5) is 4.39 Å². The molecule has 2 nitrogen and oxygen atoms in total. The Morgan fingerprint density at radius 3 is 2.53 bits per heavy atom. The van der Waals surface area contributed by atoms with Gasteiger partial charge >= 0.3 is 0 Å². The lowest BCUT2D eigenvalue weighted by molar-refractivity contribution is 0.0886. The van der Waals surface area contributed by atoms with Gasteiger partial charge in [0.2, 0.25) is 0 Å². The molecule has 0 aliphatic heterocycles. The predicted molar refractivity (Wildman–Crippen MR) is 67.7 cm³/mol. The summed E-state index contributed by atoms with van der Waals surface area (Å²) in [4.78, 5) is 12.3. The van der Waals surface area contributed by atoms with Crippen molar-refractivity contribution in [3.8, 4) is 0 Å². The SMILES string of the molecule is CNCC(C(=O)c1ccc(F)c(C)c1)C(C)C. The van der Waals surface area contributed by atoms with Crippen LogP contribution >= 0.6 is 0 Å². The van der Waals surface area contributed by atoms with E-state index in [9.17, 15) is 9.18 Å². The zero-order chi connectivity index (χ0) is 13.0. The third-order valence-electron chi connectivity index (χ3n) is 3.01. The number of carbonyl (C=O) groups is 1. The van der Waals surface area contributed by atoms with Gasteiger partial charge in [-0.2, -0.15) is 0 Å². The maximum absolute atomic E-state index is 13.1. The Morgan fingerprint density at radius 1 is 1.41 bits per heavy atom. The summed E-state index contributed by atoms with van der Waals surface area (Å²) in [5.74, 6) is 0.0129. The van der Waals surface area contributed by atoms with Crippen molar-refractivity contribution in [1.82, 2.24) is 5.32 Å². The number of aryl methyl sites for hydroxylation is 1. The first-order chi connectivity index (χ1) is 7.97. The first-order valence-electron chi connectivity index (χ1n) is 5.92. The molecule has 3 heteroatoms. The first-order valence-corrected chi connectivity index (χ1v) is 5.92. The molecule has 0 fully saturated rings. The lowest BCUT2D eigenvalue weighted by Crippen LogP contribution is -2.30. The summed E-state index contributed by atoms with van der Waals surface area (Å²) in [6.45, 7) is 6.37. The summed E-state index contributed by atoms with van der Waals surface area (Å²) < 4.78 is 13.1. The van der Waals surface area contributed by atoms with E-state index < -0.39 is 0 Å². The molecule has 1 aromatic carbocycles. The van der Waals surface area contributed by atoms with Crippen LogP contribution in [0.5, 0.6) is 0 Å². The number of rotatable bonds is 5. The van der Waals surface area contributed by atoms with Gasteiger partial charge in [-0.15, -0.1) is 0 Å². The lowest BCUT2D eigenvalue weighted by Gasteiger charge is -2.19. The molecule has 1 rings (SSSR count). The maximum atomic E-state index is 13.1. The number of benzene rings is 1. The van der Waals surface area contributed by atoms with E-state index in [1.807, 2.05) is 20.9 Å². The molecule has 0 aliphatic rings. The van der Waals surface area contributed by atoms with Gasteiger partial charge in [-0.25, -0.2) is 4.39 Å². The van der Waals surface area contributed by atoms with Gasteiger partial charge in [0.15, 0.2) is 5.78 Å². The number of ketones is 1. The van der Waals surface area contributed by atoms with Gasteiger partial charge in [-0.3, -0.25) is 4.79 Å². The average Bonchev–Trinajstić information content (AvgIpc) is 2.28. The molecule has 94 valence electrons. The maximum Gasteiger partial charge on any atom is 0.167 e. The van der Waals surface area contributed by atoms with Crippen LogP contribution in [0.2, 0.25) is 0 Å². The van der Waals surface area contributed by atoms with Crippen LogP contribution in [0.1, 0.15) is 29.8 Å². The summed E-state index contributed by atoms with van der Waals surface area (Å²) in [5, 5.41) is 3.03. The van der Waals surface area contributed by atoms with E-state index in [0.717, 1.165) is 0 Å². The van der Waals surface area contributed by atoms with Crippen molar-refractivity contribution in [2.24, 2.45) is 11.8 Å². The van der Waals surface area contributed by atoms with Crippen LogP contribution in [-0.4, -0.2) is 19.4 Å². The van der Waals surface area contributed by atoms with Crippen LogP contribution in [0.25, 0.3) is 0 Å². The van der Waals surface area contributed by atoms with E-state index in [4.69, 9.17) is 0 Å². The largest absolute Gasteiger partial charge is 0.319 e. The Labute approximate surface area is 102 Å². The van der Waals surface area contributed by atoms with Gasteiger partial charge in [0.05, 0.1) is 0 Å². The fourth-order valence-electron chi connectivity index (χ4n) is 1.86. The molecular weight excluding hydrogens is 217 g/mol. The molecule has 1 aromatic rings. The van der Waals surface area contributed by atoms with Gasteiger partial charge < -0.3 is 5.32 Å². The minimum Gasteiger partial charge on any atom is -0.319 e. The molecule has 0 aromatic heterocycles. The number of nitrogens with one attached hydrogen (secondary N) is 1. The molecule has 17 heavy (non-hydrogen) atoms. The molecule has 0 radical (unpaired) electrons. The second kappa shape index (κ2) is 5.92. The summed E-state index contributed by atoms with van der Waals surface area (Å²) in [6, 6.07) is 4.55. The van der Waals surface area contributed by atoms with E-state index in [2.05, 4.69) is 5.32 Å². The highest BCUT2D eigenvalue weighted by Gasteiger charge is 2.22. The minimum absolute atomic E-state index is 0.0649. The Balaban J connectivity index is 2.97. The second-order valence-corrected chi connectivity index (χ2v) is 4.74. The first kappa shape index (κ1) is 13.8. The van der Waals surface area contributed by atoms with Crippen molar-refractivity contribution in [3.63, 3.8) is 0 Å². The third kappa shape index (κ3) is 3.37. The number of hydrogen-bond donors (Lipinski definition) is 1. The van der Waals surface area contributed by atoms with E-state index in [0.29, 0.717) is 17.7 Å². The van der Waals surface area contributed by atoms with E-state index in [1.165, 1.54) is 6.07 Å². The molecule has 1 atom stereocenters. The minimum atomic E-state index is -0.267. The van der Waals surface area contributed by atoms with Gasteiger partial charge in [-0.1, -0.05) is 13.8 Å². The van der Waals surface area contributed by atoms with Gasteiger partial charge in [0.25, 0.3) is 0 Å². The zero-order valence-corrected chi connectivity index (χ0v) is 10.9. The normalized spacial score (nSPS) is 12.8. The molecule has 0 saturated carbocycles. The van der Waals surface area contributed by atoms with Crippen LogP contribution in [-0.2, 0) is 0 Å². The molecule has 0 aliphatic carbocycles. The Hall–Kier alpha value is -1.22. The molecule has 0 spiro atoms. The van der Waals surface area contributed by atoms with E-state index >= 15 is 0 Å². The molecule has 0 saturated heterocycles. The summed E-state index contributed by atoms with van der Waals surface area (Å²) >= 11 is 0. The fraction of sp³-hybridized carbons (Fsp3) is 0.500. The lowest BCUT2D eigenvalue weighted by atomic mass is 9.87. The van der Waals surface area contributed by atoms with Crippen molar-refractivity contribution in [2.45, 2.75) is 20.8 Å². The average molecular weight is 237 g/mol. The second-order valence-electron chi connectivity index (χ2n) is 4.74. The Bertz CT molecular complexity index is 401. The van der Waals surface area contributed by atoms with Crippen molar-refractivity contribution < 1.29 is 9.18 Å².